The third-order valence-corrected chi connectivity index (χ3v) is 3.64. The van der Waals surface area contributed by atoms with Gasteiger partial charge in [0.25, 0.3) is 0 Å². The van der Waals surface area contributed by atoms with Crippen LogP contribution in [0.4, 0.5) is 0 Å². The number of ketones is 1. The maximum Gasteiger partial charge on any atom is 0.343 e. The van der Waals surface area contributed by atoms with Gasteiger partial charge < -0.3 is 18.9 Å². The first kappa shape index (κ1) is 16.6. The van der Waals surface area contributed by atoms with E-state index in [-0.39, 0.29) is 18.1 Å². The molecular formula is C19H16O6. The number of carbonyl (C=O) groups excluding carboxylic acids is 2. The van der Waals surface area contributed by atoms with Gasteiger partial charge in [-0.1, -0.05) is 12.1 Å². The molecule has 2 aromatic rings. The largest absolute Gasteiger partial charge is 0.497 e. The van der Waals surface area contributed by atoms with E-state index < -0.39 is 5.97 Å². The van der Waals surface area contributed by atoms with Crippen molar-refractivity contribution in [1.29, 1.82) is 0 Å². The highest BCUT2D eigenvalue weighted by Crippen LogP contribution is 2.35. The van der Waals surface area contributed by atoms with Gasteiger partial charge in [0.2, 0.25) is 5.78 Å². The molecule has 0 unspecified atom stereocenters. The summed E-state index contributed by atoms with van der Waals surface area (Å²) in [6.07, 6.45) is 1.66. The highest BCUT2D eigenvalue weighted by atomic mass is 16.6. The minimum Gasteiger partial charge on any atom is -0.497 e. The standard InChI is InChI=1S/C19H16O6/c1-22-13-5-3-12(4-6-13)9-17-19(21)15-8-7-14(10-16(15)25-17)24-11-18(20)23-2/h3-10H,11H2,1-2H3. The molecule has 0 saturated heterocycles. The van der Waals surface area contributed by atoms with Crippen molar-refractivity contribution in [3.05, 3.63) is 59.4 Å². The molecule has 0 N–H and O–H groups in total. The third-order valence-electron chi connectivity index (χ3n) is 3.64. The molecule has 1 aliphatic rings. The minimum atomic E-state index is -0.488. The van der Waals surface area contributed by atoms with Crippen LogP contribution >= 0.6 is 0 Å². The highest BCUT2D eigenvalue weighted by molar-refractivity contribution is 6.14. The Labute approximate surface area is 144 Å². The Bertz CT molecular complexity index is 835. The molecule has 0 bridgehead atoms. The summed E-state index contributed by atoms with van der Waals surface area (Å²) in [6.45, 7) is -0.211. The summed E-state index contributed by atoms with van der Waals surface area (Å²) in [7, 11) is 2.87. The van der Waals surface area contributed by atoms with Crippen molar-refractivity contribution in [3.8, 4) is 17.2 Å². The van der Waals surface area contributed by atoms with Crippen LogP contribution in [-0.4, -0.2) is 32.6 Å². The number of carbonyl (C=O) groups is 2. The van der Waals surface area contributed by atoms with Crippen LogP contribution in [-0.2, 0) is 9.53 Å². The van der Waals surface area contributed by atoms with E-state index in [2.05, 4.69) is 4.74 Å². The summed E-state index contributed by atoms with van der Waals surface area (Å²) in [6, 6.07) is 12.1. The van der Waals surface area contributed by atoms with Gasteiger partial charge in [-0.15, -0.1) is 0 Å². The van der Waals surface area contributed by atoms with Gasteiger partial charge in [0.1, 0.15) is 17.2 Å². The van der Waals surface area contributed by atoms with Crippen molar-refractivity contribution in [2.24, 2.45) is 0 Å². The molecule has 0 aliphatic carbocycles. The fraction of sp³-hybridized carbons (Fsp3) is 0.158. The van der Waals surface area contributed by atoms with Crippen LogP contribution in [0.3, 0.4) is 0 Å². The van der Waals surface area contributed by atoms with Crippen molar-refractivity contribution < 1.29 is 28.5 Å². The average Bonchev–Trinajstić information content (AvgIpc) is 2.95. The first-order valence-electron chi connectivity index (χ1n) is 7.52. The third kappa shape index (κ3) is 3.63. The van der Waals surface area contributed by atoms with Gasteiger partial charge >= 0.3 is 5.97 Å². The SMILES string of the molecule is COC(=O)COc1ccc2c(c1)OC(=Cc1ccc(OC)cc1)C2=O. The molecule has 3 rings (SSSR count). The zero-order chi connectivity index (χ0) is 17.8. The van der Waals surface area contributed by atoms with E-state index in [1.807, 2.05) is 12.1 Å². The Balaban J connectivity index is 1.77. The van der Waals surface area contributed by atoms with Crippen LogP contribution in [0.5, 0.6) is 17.2 Å². The van der Waals surface area contributed by atoms with Gasteiger partial charge in [0.15, 0.2) is 12.4 Å². The molecule has 0 amide bonds. The van der Waals surface area contributed by atoms with Crippen molar-refractivity contribution in [2.45, 2.75) is 0 Å². The Morgan fingerprint density at radius 1 is 1.08 bits per heavy atom. The van der Waals surface area contributed by atoms with E-state index in [1.54, 1.807) is 43.5 Å². The van der Waals surface area contributed by atoms with Crippen LogP contribution in [0.15, 0.2) is 48.2 Å². The van der Waals surface area contributed by atoms with Gasteiger partial charge in [0.05, 0.1) is 19.8 Å². The van der Waals surface area contributed by atoms with Crippen LogP contribution < -0.4 is 14.2 Å². The number of hydrogen-bond donors (Lipinski definition) is 0. The summed E-state index contributed by atoms with van der Waals surface area (Å²) in [5.74, 6) is 1.08. The number of benzene rings is 2. The maximum atomic E-state index is 12.4. The molecule has 6 heteroatoms. The minimum absolute atomic E-state index is 0.203. The number of methoxy groups -OCH3 is 2. The van der Waals surface area contributed by atoms with E-state index in [1.165, 1.54) is 7.11 Å². The van der Waals surface area contributed by atoms with E-state index in [4.69, 9.17) is 14.2 Å². The number of Topliss-reactive ketones (excluding diaryl/α,β-unsaturated/α-hetero) is 1. The predicted octanol–water partition coefficient (Wildman–Crippen LogP) is 2.86. The number of fused-ring (bicyclic) bond motifs is 1. The summed E-state index contributed by atoms with van der Waals surface area (Å²) < 4.78 is 20.6. The van der Waals surface area contributed by atoms with Crippen LogP contribution in [0, 0.1) is 0 Å². The van der Waals surface area contributed by atoms with Gasteiger partial charge in [-0.05, 0) is 35.9 Å². The van der Waals surface area contributed by atoms with Crippen LogP contribution in [0.2, 0.25) is 0 Å². The highest BCUT2D eigenvalue weighted by Gasteiger charge is 2.27. The molecular weight excluding hydrogens is 324 g/mol. The number of allylic oxidation sites excluding steroid dienone is 1. The molecule has 128 valence electrons. The Hall–Kier alpha value is -3.28. The second-order valence-electron chi connectivity index (χ2n) is 5.24. The molecule has 0 radical (unpaired) electrons. The van der Waals surface area contributed by atoms with Gasteiger partial charge in [-0.2, -0.15) is 0 Å². The lowest BCUT2D eigenvalue weighted by atomic mass is 10.1. The zero-order valence-corrected chi connectivity index (χ0v) is 13.8. The van der Waals surface area contributed by atoms with Gasteiger partial charge in [0, 0.05) is 6.07 Å². The van der Waals surface area contributed by atoms with Gasteiger partial charge in [-0.25, -0.2) is 4.79 Å². The van der Waals surface area contributed by atoms with Crippen molar-refractivity contribution >= 4 is 17.8 Å². The lowest BCUT2D eigenvalue weighted by Gasteiger charge is -2.05. The molecule has 1 heterocycles. The average molecular weight is 340 g/mol. The quantitative estimate of drug-likeness (QED) is 0.616. The van der Waals surface area contributed by atoms with E-state index in [9.17, 15) is 9.59 Å². The second kappa shape index (κ2) is 7.09. The first-order chi connectivity index (χ1) is 12.1. The van der Waals surface area contributed by atoms with Crippen molar-refractivity contribution in [1.82, 2.24) is 0 Å². The number of esters is 1. The molecule has 25 heavy (non-hydrogen) atoms. The summed E-state index contributed by atoms with van der Waals surface area (Å²) >= 11 is 0. The normalized spacial score (nSPS) is 14.0. The zero-order valence-electron chi connectivity index (χ0n) is 13.8. The summed E-state index contributed by atoms with van der Waals surface area (Å²) in [4.78, 5) is 23.5. The molecule has 1 aliphatic heterocycles. The molecule has 0 fully saturated rings. The molecule has 2 aromatic carbocycles. The molecule has 0 aromatic heterocycles. The Morgan fingerprint density at radius 2 is 1.80 bits per heavy atom. The number of hydrogen-bond acceptors (Lipinski definition) is 6. The Morgan fingerprint density at radius 3 is 2.48 bits per heavy atom. The van der Waals surface area contributed by atoms with Gasteiger partial charge in [-0.3, -0.25) is 4.79 Å². The molecule has 0 spiro atoms. The maximum absolute atomic E-state index is 12.4. The fourth-order valence-corrected chi connectivity index (χ4v) is 2.31. The topological polar surface area (TPSA) is 71.1 Å². The smallest absolute Gasteiger partial charge is 0.343 e. The Kier molecular flexibility index (Phi) is 4.70. The number of ether oxygens (including phenoxy) is 4. The second-order valence-corrected chi connectivity index (χ2v) is 5.24. The first-order valence-corrected chi connectivity index (χ1v) is 7.52. The molecule has 0 saturated carbocycles. The lowest BCUT2D eigenvalue weighted by molar-refractivity contribution is -0.142. The fourth-order valence-electron chi connectivity index (χ4n) is 2.31. The summed E-state index contributed by atoms with van der Waals surface area (Å²) in [5, 5.41) is 0. The van der Waals surface area contributed by atoms with Crippen molar-refractivity contribution in [2.75, 3.05) is 20.8 Å². The van der Waals surface area contributed by atoms with E-state index in [0.29, 0.717) is 17.1 Å². The van der Waals surface area contributed by atoms with E-state index >= 15 is 0 Å². The predicted molar refractivity (Wildman–Crippen MR) is 89.9 cm³/mol. The lowest BCUT2D eigenvalue weighted by Crippen LogP contribution is -2.12. The molecule has 6 nitrogen and oxygen atoms in total. The monoisotopic (exact) mass is 340 g/mol. The number of rotatable bonds is 5. The molecule has 0 atom stereocenters. The summed E-state index contributed by atoms with van der Waals surface area (Å²) in [5.41, 5.74) is 1.27. The van der Waals surface area contributed by atoms with Crippen molar-refractivity contribution in [3.63, 3.8) is 0 Å². The van der Waals surface area contributed by atoms with Crippen LogP contribution in [0.1, 0.15) is 15.9 Å². The van der Waals surface area contributed by atoms with E-state index in [0.717, 1.165) is 11.3 Å². The van der Waals surface area contributed by atoms with Crippen LogP contribution in [0.25, 0.3) is 6.08 Å².